The molecule has 2 N–H and O–H groups in total. The average molecular weight is 329 g/mol. The van der Waals surface area contributed by atoms with E-state index in [9.17, 15) is 0 Å². The van der Waals surface area contributed by atoms with Crippen molar-refractivity contribution in [1.82, 2.24) is 4.90 Å². The molecule has 2 aromatic carbocycles. The van der Waals surface area contributed by atoms with Crippen LogP contribution in [0, 0.1) is 0 Å². The third-order valence-corrected chi connectivity index (χ3v) is 5.26. The number of nitrogens with zero attached hydrogens (tertiary/aromatic N) is 1. The Morgan fingerprint density at radius 2 is 1.78 bits per heavy atom. The fourth-order valence-corrected chi connectivity index (χ4v) is 4.03. The monoisotopic (exact) mass is 328 g/mol. The van der Waals surface area contributed by atoms with Crippen LogP contribution >= 0.6 is 11.6 Å². The van der Waals surface area contributed by atoms with Gasteiger partial charge in [0.25, 0.3) is 0 Å². The number of piperidine rings is 1. The number of likely N-dealkylation sites (tertiary alicyclic amines) is 1. The molecule has 1 saturated heterocycles. The van der Waals surface area contributed by atoms with Crippen molar-refractivity contribution < 1.29 is 0 Å². The van der Waals surface area contributed by atoms with E-state index in [0.29, 0.717) is 18.5 Å². The van der Waals surface area contributed by atoms with Crippen LogP contribution < -0.4 is 5.73 Å². The van der Waals surface area contributed by atoms with Gasteiger partial charge < -0.3 is 5.73 Å². The third-order valence-electron chi connectivity index (χ3n) is 4.92. The predicted octanol–water partition coefficient (Wildman–Crippen LogP) is 4.44. The summed E-state index contributed by atoms with van der Waals surface area (Å²) < 4.78 is 0. The molecule has 0 radical (unpaired) electrons. The van der Waals surface area contributed by atoms with E-state index in [1.165, 1.54) is 30.4 Å². The van der Waals surface area contributed by atoms with Crippen molar-refractivity contribution in [2.75, 3.05) is 13.1 Å². The summed E-state index contributed by atoms with van der Waals surface area (Å²) >= 11 is 6.45. The Bertz CT molecular complexity index is 614. The second-order valence-corrected chi connectivity index (χ2v) is 6.79. The number of hydrogen-bond acceptors (Lipinski definition) is 2. The first-order chi connectivity index (χ1) is 11.3. The Morgan fingerprint density at radius 3 is 2.52 bits per heavy atom. The summed E-state index contributed by atoms with van der Waals surface area (Å²) in [4.78, 5) is 2.60. The highest BCUT2D eigenvalue weighted by Crippen LogP contribution is 2.34. The highest BCUT2D eigenvalue weighted by molar-refractivity contribution is 6.31. The zero-order valence-corrected chi connectivity index (χ0v) is 14.3. The maximum Gasteiger partial charge on any atom is 0.0441 e. The van der Waals surface area contributed by atoms with Gasteiger partial charge in [-0.05, 0) is 36.6 Å². The fraction of sp³-hybridized carbons (Fsp3) is 0.400. The molecule has 1 aliphatic heterocycles. The SMILES string of the molecule is NCC(c1ccccc1Cl)C1CCCCN1Cc1ccccc1. The van der Waals surface area contributed by atoms with E-state index in [0.717, 1.165) is 18.1 Å². The van der Waals surface area contributed by atoms with Crippen LogP contribution in [0.5, 0.6) is 0 Å². The van der Waals surface area contributed by atoms with Gasteiger partial charge in [0, 0.05) is 30.1 Å². The Balaban J connectivity index is 1.83. The van der Waals surface area contributed by atoms with Gasteiger partial charge in [0.15, 0.2) is 0 Å². The van der Waals surface area contributed by atoms with Crippen molar-refractivity contribution >= 4 is 11.6 Å². The molecule has 3 rings (SSSR count). The normalized spacial score (nSPS) is 20.3. The van der Waals surface area contributed by atoms with Crippen molar-refractivity contribution in [3.63, 3.8) is 0 Å². The van der Waals surface area contributed by atoms with Gasteiger partial charge in [0.2, 0.25) is 0 Å². The van der Waals surface area contributed by atoms with Gasteiger partial charge in [-0.15, -0.1) is 0 Å². The van der Waals surface area contributed by atoms with Gasteiger partial charge >= 0.3 is 0 Å². The lowest BCUT2D eigenvalue weighted by atomic mass is 9.85. The molecule has 0 bridgehead atoms. The minimum absolute atomic E-state index is 0.299. The molecule has 0 aromatic heterocycles. The first-order valence-corrected chi connectivity index (χ1v) is 8.90. The molecule has 1 fully saturated rings. The predicted molar refractivity (Wildman–Crippen MR) is 97.7 cm³/mol. The van der Waals surface area contributed by atoms with Crippen molar-refractivity contribution in [2.24, 2.45) is 5.73 Å². The number of benzene rings is 2. The molecule has 1 heterocycles. The van der Waals surface area contributed by atoms with Crippen LogP contribution in [0.25, 0.3) is 0 Å². The molecular weight excluding hydrogens is 304 g/mol. The molecule has 2 aromatic rings. The molecule has 0 aliphatic carbocycles. The van der Waals surface area contributed by atoms with Crippen molar-refractivity contribution in [1.29, 1.82) is 0 Å². The summed E-state index contributed by atoms with van der Waals surface area (Å²) in [5, 5.41) is 0.841. The maximum atomic E-state index is 6.45. The van der Waals surface area contributed by atoms with E-state index < -0.39 is 0 Å². The third kappa shape index (κ3) is 3.95. The van der Waals surface area contributed by atoms with Crippen molar-refractivity contribution in [2.45, 2.75) is 37.8 Å². The molecule has 1 aliphatic rings. The molecule has 2 atom stereocenters. The highest BCUT2D eigenvalue weighted by atomic mass is 35.5. The smallest absolute Gasteiger partial charge is 0.0441 e. The van der Waals surface area contributed by atoms with Crippen molar-refractivity contribution in [3.8, 4) is 0 Å². The van der Waals surface area contributed by atoms with Crippen LogP contribution in [0.4, 0.5) is 0 Å². The number of nitrogens with two attached hydrogens (primary N) is 1. The van der Waals surface area contributed by atoms with Crippen molar-refractivity contribution in [3.05, 3.63) is 70.7 Å². The summed E-state index contributed by atoms with van der Waals surface area (Å²) in [5.41, 5.74) is 8.74. The van der Waals surface area contributed by atoms with Gasteiger partial charge in [-0.1, -0.05) is 66.6 Å². The van der Waals surface area contributed by atoms with Crippen LogP contribution in [-0.2, 0) is 6.54 Å². The first-order valence-electron chi connectivity index (χ1n) is 8.52. The van der Waals surface area contributed by atoms with Gasteiger partial charge in [-0.25, -0.2) is 0 Å². The van der Waals surface area contributed by atoms with Gasteiger partial charge in [-0.3, -0.25) is 4.90 Å². The number of rotatable bonds is 5. The van der Waals surface area contributed by atoms with Gasteiger partial charge in [0.1, 0.15) is 0 Å². The Labute approximate surface area is 144 Å². The number of hydrogen-bond donors (Lipinski definition) is 1. The second-order valence-electron chi connectivity index (χ2n) is 6.38. The molecule has 0 spiro atoms. The van der Waals surface area contributed by atoms with Crippen LogP contribution in [-0.4, -0.2) is 24.0 Å². The van der Waals surface area contributed by atoms with Crippen LogP contribution in [0.2, 0.25) is 5.02 Å². The summed E-state index contributed by atoms with van der Waals surface area (Å²) in [6.45, 7) is 2.77. The van der Waals surface area contributed by atoms with Crippen LogP contribution in [0.1, 0.15) is 36.3 Å². The van der Waals surface area contributed by atoms with Crippen LogP contribution in [0.3, 0.4) is 0 Å². The number of halogens is 1. The molecule has 2 unspecified atom stereocenters. The molecule has 2 nitrogen and oxygen atoms in total. The summed E-state index contributed by atoms with van der Waals surface area (Å²) in [6, 6.07) is 19.3. The summed E-state index contributed by atoms with van der Waals surface area (Å²) in [5.74, 6) is 0.299. The topological polar surface area (TPSA) is 29.3 Å². The van der Waals surface area contributed by atoms with Crippen LogP contribution in [0.15, 0.2) is 54.6 Å². The second kappa shape index (κ2) is 7.96. The summed E-state index contributed by atoms with van der Waals surface area (Å²) in [7, 11) is 0. The highest BCUT2D eigenvalue weighted by Gasteiger charge is 2.31. The lowest BCUT2D eigenvalue weighted by Crippen LogP contribution is -2.44. The molecule has 122 valence electrons. The van der Waals surface area contributed by atoms with E-state index >= 15 is 0 Å². The lowest BCUT2D eigenvalue weighted by Gasteiger charge is -2.40. The van der Waals surface area contributed by atoms with Gasteiger partial charge in [-0.2, -0.15) is 0 Å². The molecule has 23 heavy (non-hydrogen) atoms. The Kier molecular flexibility index (Phi) is 5.71. The van der Waals surface area contributed by atoms with E-state index in [1.54, 1.807) is 0 Å². The first kappa shape index (κ1) is 16.5. The largest absolute Gasteiger partial charge is 0.330 e. The van der Waals surface area contributed by atoms with E-state index in [2.05, 4.69) is 47.4 Å². The molecule has 3 heteroatoms. The standard InChI is InChI=1S/C20H25ClN2/c21-19-11-5-4-10-17(19)18(14-22)20-12-6-7-13-23(20)15-16-8-2-1-3-9-16/h1-5,8-11,18,20H,6-7,12-15,22H2. The lowest BCUT2D eigenvalue weighted by molar-refractivity contribution is 0.119. The van der Waals surface area contributed by atoms with E-state index in [-0.39, 0.29) is 0 Å². The minimum Gasteiger partial charge on any atom is -0.330 e. The van der Waals surface area contributed by atoms with E-state index in [4.69, 9.17) is 17.3 Å². The van der Waals surface area contributed by atoms with E-state index in [1.807, 2.05) is 12.1 Å². The molecule has 0 amide bonds. The van der Waals surface area contributed by atoms with Gasteiger partial charge in [0.05, 0.1) is 0 Å². The zero-order valence-electron chi connectivity index (χ0n) is 13.5. The summed E-state index contributed by atoms with van der Waals surface area (Å²) in [6.07, 6.45) is 3.74. The minimum atomic E-state index is 0.299. The molecular formula is C20H25ClN2. The Hall–Kier alpha value is -1.35. The Morgan fingerprint density at radius 1 is 1.04 bits per heavy atom. The quantitative estimate of drug-likeness (QED) is 0.879. The fourth-order valence-electron chi connectivity index (χ4n) is 3.75. The maximum absolute atomic E-state index is 6.45. The molecule has 0 saturated carbocycles. The average Bonchev–Trinajstić information content (AvgIpc) is 2.59. The zero-order chi connectivity index (χ0) is 16.1.